The first-order valence-electron chi connectivity index (χ1n) is 7.21. The van der Waals surface area contributed by atoms with Gasteiger partial charge in [-0.05, 0) is 6.07 Å². The lowest BCUT2D eigenvalue weighted by molar-refractivity contribution is 0.0937. The van der Waals surface area contributed by atoms with Gasteiger partial charge in [-0.1, -0.05) is 0 Å². The average molecular weight is 364 g/mol. The van der Waals surface area contributed by atoms with Crippen molar-refractivity contribution >= 4 is 27.2 Å². The van der Waals surface area contributed by atoms with E-state index in [1.165, 1.54) is 18.5 Å². The molecule has 25 heavy (non-hydrogen) atoms. The van der Waals surface area contributed by atoms with E-state index in [1.807, 2.05) is 6.07 Å². The zero-order valence-electron chi connectivity index (χ0n) is 12.7. The number of pyridine rings is 1. The quantitative estimate of drug-likeness (QED) is 0.665. The van der Waals surface area contributed by atoms with Crippen molar-refractivity contribution in [2.45, 2.75) is 6.04 Å². The first-order chi connectivity index (χ1) is 11.9. The minimum atomic E-state index is -3.36. The molecule has 3 heterocycles. The molecule has 11 heteroatoms. The number of hydrogen-bond acceptors (Lipinski definition) is 7. The number of nitriles is 1. The minimum absolute atomic E-state index is 0.109. The summed E-state index contributed by atoms with van der Waals surface area (Å²) in [5.74, 6) is -2.44. The highest BCUT2D eigenvalue weighted by atomic mass is 32.2. The molecule has 3 rings (SSSR count). The Labute approximate surface area is 142 Å². The molecule has 2 atom stereocenters. The summed E-state index contributed by atoms with van der Waals surface area (Å²) < 4.78 is 36.4. The molecule has 3 N–H and O–H groups in total. The van der Waals surface area contributed by atoms with E-state index in [4.69, 9.17) is 5.26 Å². The van der Waals surface area contributed by atoms with Crippen LogP contribution >= 0.6 is 0 Å². The standard InChI is InChI=1S/C14H13FN6O3S/c15-12-3-9(1-2-17-12)19-13-10(5-18-21-13)14(22)20-11-7-25(23,24)6-8(11)4-16/h1-3,5,8,11H,6-7H2,(H,20,22)(H2,17,18,19,21). The monoisotopic (exact) mass is 364 g/mol. The first kappa shape index (κ1) is 16.8. The van der Waals surface area contributed by atoms with Gasteiger partial charge in [-0.3, -0.25) is 9.89 Å². The van der Waals surface area contributed by atoms with Crippen LogP contribution in [-0.2, 0) is 9.84 Å². The van der Waals surface area contributed by atoms with Crippen molar-refractivity contribution in [2.75, 3.05) is 16.8 Å². The van der Waals surface area contributed by atoms with Gasteiger partial charge in [-0.15, -0.1) is 0 Å². The molecule has 0 saturated carbocycles. The third-order valence-electron chi connectivity index (χ3n) is 3.71. The Morgan fingerprint density at radius 1 is 1.44 bits per heavy atom. The second-order valence-corrected chi connectivity index (χ2v) is 7.70. The highest BCUT2D eigenvalue weighted by Gasteiger charge is 2.39. The van der Waals surface area contributed by atoms with Crippen LogP contribution in [0.15, 0.2) is 24.5 Å². The Morgan fingerprint density at radius 3 is 2.96 bits per heavy atom. The number of carbonyl (C=O) groups is 1. The number of nitrogens with one attached hydrogen (secondary N) is 3. The third-order valence-corrected chi connectivity index (χ3v) is 5.45. The van der Waals surface area contributed by atoms with Crippen molar-refractivity contribution in [1.82, 2.24) is 20.5 Å². The van der Waals surface area contributed by atoms with E-state index in [0.29, 0.717) is 5.69 Å². The van der Waals surface area contributed by atoms with Crippen LogP contribution in [-0.4, -0.2) is 47.1 Å². The zero-order chi connectivity index (χ0) is 18.0. The van der Waals surface area contributed by atoms with Crippen molar-refractivity contribution in [1.29, 1.82) is 5.26 Å². The Bertz CT molecular complexity index is 951. The Balaban J connectivity index is 1.76. The predicted octanol–water partition coefficient (Wildman–Crippen LogP) is 0.354. The van der Waals surface area contributed by atoms with Gasteiger partial charge in [0.2, 0.25) is 5.95 Å². The van der Waals surface area contributed by atoms with E-state index < -0.39 is 33.7 Å². The fourth-order valence-electron chi connectivity index (χ4n) is 2.54. The van der Waals surface area contributed by atoms with Crippen LogP contribution in [0, 0.1) is 23.2 Å². The highest BCUT2D eigenvalue weighted by Crippen LogP contribution is 2.21. The molecule has 2 unspecified atom stereocenters. The fourth-order valence-corrected chi connectivity index (χ4v) is 4.39. The van der Waals surface area contributed by atoms with Gasteiger partial charge in [-0.25, -0.2) is 13.4 Å². The zero-order valence-corrected chi connectivity index (χ0v) is 13.5. The Morgan fingerprint density at radius 2 is 2.24 bits per heavy atom. The fraction of sp³-hybridized carbons (Fsp3) is 0.286. The number of aromatic nitrogens is 3. The molecule has 0 spiro atoms. The molecule has 1 saturated heterocycles. The average Bonchev–Trinajstić information content (AvgIpc) is 3.11. The second-order valence-electron chi connectivity index (χ2n) is 5.54. The summed E-state index contributed by atoms with van der Waals surface area (Å²) in [6.45, 7) is 0. The lowest BCUT2D eigenvalue weighted by Crippen LogP contribution is -2.39. The molecule has 0 radical (unpaired) electrons. The van der Waals surface area contributed by atoms with Gasteiger partial charge in [0.05, 0.1) is 35.7 Å². The summed E-state index contributed by atoms with van der Waals surface area (Å²) in [4.78, 5) is 15.8. The van der Waals surface area contributed by atoms with E-state index >= 15 is 0 Å². The SMILES string of the molecule is N#CC1CS(=O)(=O)CC1NC(=O)c1cn[nH]c1Nc1ccnc(F)c1. The maximum absolute atomic E-state index is 13.1. The molecule has 1 amide bonds. The van der Waals surface area contributed by atoms with Gasteiger partial charge in [0, 0.05) is 18.0 Å². The maximum atomic E-state index is 13.1. The molecule has 0 bridgehead atoms. The molecule has 130 valence electrons. The lowest BCUT2D eigenvalue weighted by Gasteiger charge is -2.14. The van der Waals surface area contributed by atoms with E-state index in [1.54, 1.807) is 0 Å². The summed E-state index contributed by atoms with van der Waals surface area (Å²) in [6, 6.07) is 3.75. The molecular weight excluding hydrogens is 351 g/mol. The van der Waals surface area contributed by atoms with Crippen molar-refractivity contribution in [2.24, 2.45) is 5.92 Å². The number of hydrogen-bond donors (Lipinski definition) is 3. The molecule has 0 aliphatic carbocycles. The number of carbonyl (C=O) groups excluding carboxylic acids is 1. The van der Waals surface area contributed by atoms with E-state index in [0.717, 1.165) is 6.07 Å². The number of rotatable bonds is 4. The summed E-state index contributed by atoms with van der Waals surface area (Å²) in [6.07, 6.45) is 2.51. The minimum Gasteiger partial charge on any atom is -0.347 e. The van der Waals surface area contributed by atoms with E-state index in [9.17, 15) is 17.6 Å². The smallest absolute Gasteiger partial charge is 0.256 e. The van der Waals surface area contributed by atoms with Gasteiger partial charge >= 0.3 is 0 Å². The summed E-state index contributed by atoms with van der Waals surface area (Å²) in [5.41, 5.74) is 0.461. The summed E-state index contributed by atoms with van der Waals surface area (Å²) in [7, 11) is -3.36. The van der Waals surface area contributed by atoms with Gasteiger partial charge in [0.15, 0.2) is 9.84 Å². The maximum Gasteiger partial charge on any atom is 0.256 e. The third kappa shape index (κ3) is 3.74. The van der Waals surface area contributed by atoms with Crippen molar-refractivity contribution in [3.05, 3.63) is 36.0 Å². The predicted molar refractivity (Wildman–Crippen MR) is 85.1 cm³/mol. The van der Waals surface area contributed by atoms with Crippen molar-refractivity contribution in [3.63, 3.8) is 0 Å². The van der Waals surface area contributed by atoms with Crippen molar-refractivity contribution in [3.8, 4) is 6.07 Å². The number of H-pyrrole nitrogens is 1. The number of aromatic amines is 1. The number of halogens is 1. The molecule has 1 aliphatic rings. The molecule has 2 aromatic heterocycles. The number of amides is 1. The second kappa shape index (κ2) is 6.48. The van der Waals surface area contributed by atoms with Gasteiger partial charge < -0.3 is 10.6 Å². The van der Waals surface area contributed by atoms with Crippen LogP contribution in [0.5, 0.6) is 0 Å². The molecule has 2 aromatic rings. The molecule has 9 nitrogen and oxygen atoms in total. The number of nitrogens with zero attached hydrogens (tertiary/aromatic N) is 3. The summed E-state index contributed by atoms with van der Waals surface area (Å²) >= 11 is 0. The van der Waals surface area contributed by atoms with Crippen LogP contribution in [0.1, 0.15) is 10.4 Å². The largest absolute Gasteiger partial charge is 0.347 e. The van der Waals surface area contributed by atoms with Gasteiger partial charge in [0.1, 0.15) is 11.4 Å². The van der Waals surface area contributed by atoms with Crippen LogP contribution in [0.25, 0.3) is 0 Å². The first-order valence-corrected chi connectivity index (χ1v) is 9.03. The van der Waals surface area contributed by atoms with Gasteiger partial charge in [-0.2, -0.15) is 14.8 Å². The van der Waals surface area contributed by atoms with Crippen molar-refractivity contribution < 1.29 is 17.6 Å². The van der Waals surface area contributed by atoms with E-state index in [2.05, 4.69) is 25.8 Å². The molecular formula is C14H13FN6O3S. The summed E-state index contributed by atoms with van der Waals surface area (Å²) in [5, 5.41) is 20.7. The molecule has 1 aliphatic heterocycles. The highest BCUT2D eigenvalue weighted by molar-refractivity contribution is 7.91. The lowest BCUT2D eigenvalue weighted by atomic mass is 10.1. The number of anilines is 2. The van der Waals surface area contributed by atoms with Crippen LogP contribution in [0.4, 0.5) is 15.9 Å². The molecule has 0 aromatic carbocycles. The molecule has 1 fully saturated rings. The Hall–Kier alpha value is -3.00. The van der Waals surface area contributed by atoms with Gasteiger partial charge in [0.25, 0.3) is 5.91 Å². The van der Waals surface area contributed by atoms with Crippen LogP contribution < -0.4 is 10.6 Å². The number of sulfone groups is 1. The van der Waals surface area contributed by atoms with Crippen LogP contribution in [0.2, 0.25) is 0 Å². The van der Waals surface area contributed by atoms with E-state index in [-0.39, 0.29) is 22.9 Å². The van der Waals surface area contributed by atoms with Crippen LogP contribution in [0.3, 0.4) is 0 Å². The normalized spacial score (nSPS) is 21.4. The topological polar surface area (TPSA) is 141 Å². The Kier molecular flexibility index (Phi) is 4.37.